The van der Waals surface area contributed by atoms with E-state index in [0.29, 0.717) is 5.69 Å². The summed E-state index contributed by atoms with van der Waals surface area (Å²) in [4.78, 5) is 0. The fourth-order valence-corrected chi connectivity index (χ4v) is 1.57. The Labute approximate surface area is 104 Å². The molecule has 0 aliphatic heterocycles. The van der Waals surface area contributed by atoms with E-state index in [4.69, 9.17) is 10.00 Å². The van der Waals surface area contributed by atoms with Gasteiger partial charge < -0.3 is 10.1 Å². The van der Waals surface area contributed by atoms with Crippen LogP contribution in [0.2, 0.25) is 0 Å². The molecule has 0 saturated heterocycles. The van der Waals surface area contributed by atoms with Gasteiger partial charge in [-0.05, 0) is 42.5 Å². The molecule has 0 unspecified atom stereocenters. The molecule has 0 spiro atoms. The highest BCUT2D eigenvalue weighted by Crippen LogP contribution is 2.21. The van der Waals surface area contributed by atoms with Crippen molar-refractivity contribution < 1.29 is 9.13 Å². The largest absolute Gasteiger partial charge is 0.497 e. The molecule has 0 saturated carbocycles. The minimum atomic E-state index is -0.440. The van der Waals surface area contributed by atoms with Crippen LogP contribution in [-0.4, -0.2) is 7.11 Å². The van der Waals surface area contributed by atoms with Gasteiger partial charge >= 0.3 is 0 Å². The van der Waals surface area contributed by atoms with Crippen LogP contribution in [0.15, 0.2) is 42.5 Å². The summed E-state index contributed by atoms with van der Waals surface area (Å²) in [6.07, 6.45) is 0. The van der Waals surface area contributed by atoms with Crippen molar-refractivity contribution in [1.29, 1.82) is 5.26 Å². The Morgan fingerprint density at radius 2 is 1.83 bits per heavy atom. The average Bonchev–Trinajstić information content (AvgIpc) is 2.39. The number of nitrogens with one attached hydrogen (secondary N) is 1. The normalized spacial score (nSPS) is 9.61. The van der Waals surface area contributed by atoms with Crippen LogP contribution >= 0.6 is 0 Å². The molecule has 0 heterocycles. The lowest BCUT2D eigenvalue weighted by Gasteiger charge is -2.07. The maximum atomic E-state index is 13.2. The van der Waals surface area contributed by atoms with Gasteiger partial charge in [-0.2, -0.15) is 5.26 Å². The molecule has 0 fully saturated rings. The summed E-state index contributed by atoms with van der Waals surface area (Å²) < 4.78 is 18.3. The van der Waals surface area contributed by atoms with Crippen LogP contribution in [0, 0.1) is 17.1 Å². The maximum absolute atomic E-state index is 13.2. The van der Waals surface area contributed by atoms with Gasteiger partial charge in [-0.25, -0.2) is 4.39 Å². The molecule has 0 amide bonds. The van der Waals surface area contributed by atoms with Crippen LogP contribution in [0.4, 0.5) is 15.8 Å². The number of nitriles is 1. The number of anilines is 2. The first-order chi connectivity index (χ1) is 8.71. The van der Waals surface area contributed by atoms with Crippen LogP contribution in [0.3, 0.4) is 0 Å². The first kappa shape index (κ1) is 11.9. The minimum absolute atomic E-state index is 0.283. The van der Waals surface area contributed by atoms with Crippen molar-refractivity contribution >= 4 is 11.4 Å². The Kier molecular flexibility index (Phi) is 3.44. The van der Waals surface area contributed by atoms with Crippen LogP contribution in [0.5, 0.6) is 5.75 Å². The summed E-state index contributed by atoms with van der Waals surface area (Å²) in [6.45, 7) is 0. The Bertz CT molecular complexity index is 588. The number of halogens is 1. The molecule has 0 bridgehead atoms. The third kappa shape index (κ3) is 2.77. The van der Waals surface area contributed by atoms with E-state index in [0.717, 1.165) is 11.4 Å². The lowest BCUT2D eigenvalue weighted by atomic mass is 10.2. The summed E-state index contributed by atoms with van der Waals surface area (Å²) in [5.41, 5.74) is 1.62. The number of nitrogens with zero attached hydrogens (tertiary/aromatic N) is 1. The van der Waals surface area contributed by atoms with Crippen LogP contribution in [-0.2, 0) is 0 Å². The van der Waals surface area contributed by atoms with Gasteiger partial charge in [0.1, 0.15) is 11.6 Å². The van der Waals surface area contributed by atoms with Crippen molar-refractivity contribution in [2.75, 3.05) is 12.4 Å². The molecular formula is C14H11FN2O. The Hall–Kier alpha value is -2.54. The van der Waals surface area contributed by atoms with E-state index >= 15 is 0 Å². The molecule has 3 nitrogen and oxygen atoms in total. The number of ether oxygens (including phenoxy) is 1. The third-order valence-electron chi connectivity index (χ3n) is 2.41. The highest BCUT2D eigenvalue weighted by molar-refractivity contribution is 5.62. The van der Waals surface area contributed by atoms with E-state index in [9.17, 15) is 4.39 Å². The van der Waals surface area contributed by atoms with Gasteiger partial charge in [-0.1, -0.05) is 0 Å². The fraction of sp³-hybridized carbons (Fsp3) is 0.0714. The lowest BCUT2D eigenvalue weighted by Crippen LogP contribution is -1.92. The second-order valence-corrected chi connectivity index (χ2v) is 3.69. The molecule has 18 heavy (non-hydrogen) atoms. The fourth-order valence-electron chi connectivity index (χ4n) is 1.57. The molecule has 1 N–H and O–H groups in total. The van der Waals surface area contributed by atoms with Crippen molar-refractivity contribution in [3.63, 3.8) is 0 Å². The van der Waals surface area contributed by atoms with Gasteiger partial charge in [-0.3, -0.25) is 0 Å². The van der Waals surface area contributed by atoms with Gasteiger partial charge in [0.15, 0.2) is 0 Å². The van der Waals surface area contributed by atoms with E-state index < -0.39 is 5.82 Å². The summed E-state index contributed by atoms with van der Waals surface area (Å²) in [5.74, 6) is 0.308. The zero-order chi connectivity index (χ0) is 13.0. The van der Waals surface area contributed by atoms with Crippen molar-refractivity contribution in [1.82, 2.24) is 0 Å². The predicted molar refractivity (Wildman–Crippen MR) is 67.4 cm³/mol. The molecule has 2 aromatic carbocycles. The highest BCUT2D eigenvalue weighted by Gasteiger charge is 2.01. The molecule has 0 aliphatic rings. The minimum Gasteiger partial charge on any atom is -0.497 e. The summed E-state index contributed by atoms with van der Waals surface area (Å²) in [7, 11) is 1.59. The molecule has 2 rings (SSSR count). The standard InChI is InChI=1S/C14H11FN2O/c1-18-14-4-2-12(3-5-14)17-13-7-10(9-16)6-11(15)8-13/h2-8,17H,1H3. The second-order valence-electron chi connectivity index (χ2n) is 3.69. The van der Waals surface area contributed by atoms with Crippen LogP contribution < -0.4 is 10.1 Å². The molecule has 2 aromatic rings. The highest BCUT2D eigenvalue weighted by atomic mass is 19.1. The lowest BCUT2D eigenvalue weighted by molar-refractivity contribution is 0.415. The molecular weight excluding hydrogens is 231 g/mol. The van der Waals surface area contributed by atoms with E-state index in [2.05, 4.69) is 5.32 Å². The summed E-state index contributed by atoms with van der Waals surface area (Å²) in [6, 6.07) is 13.3. The Morgan fingerprint density at radius 1 is 1.11 bits per heavy atom. The maximum Gasteiger partial charge on any atom is 0.126 e. The zero-order valence-corrected chi connectivity index (χ0v) is 9.77. The van der Waals surface area contributed by atoms with Gasteiger partial charge in [0.25, 0.3) is 0 Å². The smallest absolute Gasteiger partial charge is 0.126 e. The molecule has 0 aliphatic carbocycles. The number of methoxy groups -OCH3 is 1. The van der Waals surface area contributed by atoms with Gasteiger partial charge in [0.2, 0.25) is 0 Å². The van der Waals surface area contributed by atoms with Crippen molar-refractivity contribution in [2.24, 2.45) is 0 Å². The van der Waals surface area contributed by atoms with E-state index in [-0.39, 0.29) is 5.56 Å². The van der Waals surface area contributed by atoms with Gasteiger partial charge in [0, 0.05) is 11.4 Å². The van der Waals surface area contributed by atoms with Crippen LogP contribution in [0.1, 0.15) is 5.56 Å². The van der Waals surface area contributed by atoms with Gasteiger partial charge in [-0.15, -0.1) is 0 Å². The number of rotatable bonds is 3. The van der Waals surface area contributed by atoms with Gasteiger partial charge in [0.05, 0.1) is 18.7 Å². The zero-order valence-electron chi connectivity index (χ0n) is 9.77. The molecule has 0 radical (unpaired) electrons. The predicted octanol–water partition coefficient (Wildman–Crippen LogP) is 3.45. The van der Waals surface area contributed by atoms with Crippen LogP contribution in [0.25, 0.3) is 0 Å². The number of benzene rings is 2. The Morgan fingerprint density at radius 3 is 2.44 bits per heavy atom. The molecule has 0 aromatic heterocycles. The van der Waals surface area contributed by atoms with Crippen molar-refractivity contribution in [3.8, 4) is 11.8 Å². The monoisotopic (exact) mass is 242 g/mol. The van der Waals surface area contributed by atoms with E-state index in [1.54, 1.807) is 25.3 Å². The molecule has 90 valence electrons. The third-order valence-corrected chi connectivity index (χ3v) is 2.41. The SMILES string of the molecule is COc1ccc(Nc2cc(F)cc(C#N)c2)cc1. The second kappa shape index (κ2) is 5.19. The summed E-state index contributed by atoms with van der Waals surface area (Å²) >= 11 is 0. The van der Waals surface area contributed by atoms with E-state index in [1.807, 2.05) is 18.2 Å². The Balaban J connectivity index is 2.22. The average molecular weight is 242 g/mol. The first-order valence-corrected chi connectivity index (χ1v) is 5.33. The topological polar surface area (TPSA) is 45.0 Å². The quantitative estimate of drug-likeness (QED) is 0.896. The molecule has 0 atom stereocenters. The summed E-state index contributed by atoms with van der Waals surface area (Å²) in [5, 5.41) is 11.8. The molecule has 4 heteroatoms. The van der Waals surface area contributed by atoms with Crippen molar-refractivity contribution in [2.45, 2.75) is 0 Å². The first-order valence-electron chi connectivity index (χ1n) is 5.33. The van der Waals surface area contributed by atoms with E-state index in [1.165, 1.54) is 12.1 Å². The van der Waals surface area contributed by atoms with Crippen molar-refractivity contribution in [3.05, 3.63) is 53.8 Å². The number of hydrogen-bond acceptors (Lipinski definition) is 3. The number of hydrogen-bond donors (Lipinski definition) is 1.